The fraction of sp³-hybridized carbons (Fsp3) is 0.409. The molecule has 32 heavy (non-hydrogen) atoms. The van der Waals surface area contributed by atoms with E-state index >= 15 is 0 Å². The molecule has 3 N–H and O–H groups in total. The Hall–Kier alpha value is -2.95. The van der Waals surface area contributed by atoms with Crippen molar-refractivity contribution in [3.05, 3.63) is 45.8 Å². The number of hydrogen-bond acceptors (Lipinski definition) is 8. The maximum Gasteiger partial charge on any atom is 0.341 e. The standard InChI is InChI=1S/C22H28N4O5S/c1-14-18(22(29)31-3)21(32-19(14)20(23)28)24-17(27)13-26-9-7-25(8-10-26)12-15-5-4-6-16(11-15)30-2/h4-6,11H,7-10,12-13H2,1-3H3,(H2,23,28)(H,24,27). The predicted molar refractivity (Wildman–Crippen MR) is 122 cm³/mol. The van der Waals surface area contributed by atoms with Crippen LogP contribution in [0.5, 0.6) is 5.75 Å². The smallest absolute Gasteiger partial charge is 0.341 e. The lowest BCUT2D eigenvalue weighted by Crippen LogP contribution is -2.48. The molecular weight excluding hydrogens is 432 g/mol. The summed E-state index contributed by atoms with van der Waals surface area (Å²) in [5.74, 6) is -0.681. The second-order valence-electron chi connectivity index (χ2n) is 7.57. The predicted octanol–water partition coefficient (Wildman–Crippen LogP) is 1.71. The summed E-state index contributed by atoms with van der Waals surface area (Å²) in [4.78, 5) is 41.1. The molecule has 172 valence electrons. The number of anilines is 1. The Morgan fingerprint density at radius 3 is 2.44 bits per heavy atom. The van der Waals surface area contributed by atoms with Crippen LogP contribution in [0.15, 0.2) is 24.3 Å². The second kappa shape index (κ2) is 10.6. The third-order valence-corrected chi connectivity index (χ3v) is 6.61. The van der Waals surface area contributed by atoms with Gasteiger partial charge in [0, 0.05) is 32.7 Å². The van der Waals surface area contributed by atoms with Gasteiger partial charge in [-0.15, -0.1) is 11.3 Å². The van der Waals surface area contributed by atoms with Crippen molar-refractivity contribution in [2.24, 2.45) is 5.73 Å². The summed E-state index contributed by atoms with van der Waals surface area (Å²) in [6.07, 6.45) is 0. The fourth-order valence-corrected chi connectivity index (χ4v) is 4.75. The molecule has 2 heterocycles. The van der Waals surface area contributed by atoms with E-state index in [1.54, 1.807) is 14.0 Å². The minimum absolute atomic E-state index is 0.169. The molecule has 0 spiro atoms. The van der Waals surface area contributed by atoms with E-state index in [1.165, 1.54) is 12.7 Å². The van der Waals surface area contributed by atoms with Crippen LogP contribution in [0.2, 0.25) is 0 Å². The van der Waals surface area contributed by atoms with Crippen LogP contribution in [0, 0.1) is 6.92 Å². The number of carbonyl (C=O) groups excluding carboxylic acids is 3. The molecule has 0 aliphatic carbocycles. The zero-order valence-electron chi connectivity index (χ0n) is 18.5. The van der Waals surface area contributed by atoms with Gasteiger partial charge in [-0.25, -0.2) is 4.79 Å². The van der Waals surface area contributed by atoms with Crippen LogP contribution in [0.3, 0.4) is 0 Å². The van der Waals surface area contributed by atoms with E-state index in [4.69, 9.17) is 15.2 Å². The first-order valence-electron chi connectivity index (χ1n) is 10.2. The SMILES string of the molecule is COC(=O)c1c(NC(=O)CN2CCN(Cc3cccc(OC)c3)CC2)sc(C(N)=O)c1C. The summed E-state index contributed by atoms with van der Waals surface area (Å²) >= 11 is 0.989. The number of benzene rings is 1. The lowest BCUT2D eigenvalue weighted by Gasteiger charge is -2.34. The third-order valence-electron chi connectivity index (χ3n) is 5.39. The first kappa shape index (κ1) is 23.7. The molecule has 1 fully saturated rings. The number of carbonyl (C=O) groups is 3. The molecule has 3 rings (SSSR count). The normalized spacial score (nSPS) is 14.7. The number of ether oxygens (including phenoxy) is 2. The largest absolute Gasteiger partial charge is 0.497 e. The summed E-state index contributed by atoms with van der Waals surface area (Å²) in [6, 6.07) is 8.01. The van der Waals surface area contributed by atoms with Crippen molar-refractivity contribution in [1.82, 2.24) is 9.80 Å². The Balaban J connectivity index is 1.56. The van der Waals surface area contributed by atoms with Crippen LogP contribution < -0.4 is 15.8 Å². The number of nitrogens with zero attached hydrogens (tertiary/aromatic N) is 2. The number of amides is 2. The number of esters is 1. The van der Waals surface area contributed by atoms with E-state index in [-0.39, 0.29) is 27.9 Å². The Kier molecular flexibility index (Phi) is 7.84. The van der Waals surface area contributed by atoms with Crippen molar-refractivity contribution in [1.29, 1.82) is 0 Å². The van der Waals surface area contributed by atoms with Gasteiger partial charge in [0.05, 0.1) is 31.2 Å². The van der Waals surface area contributed by atoms with Crippen LogP contribution in [-0.2, 0) is 16.1 Å². The summed E-state index contributed by atoms with van der Waals surface area (Å²) in [6.45, 7) is 5.79. The van der Waals surface area contributed by atoms with E-state index in [9.17, 15) is 14.4 Å². The molecule has 1 aliphatic rings. The number of thiophene rings is 1. The molecule has 0 radical (unpaired) electrons. The van der Waals surface area contributed by atoms with Crippen LogP contribution in [0.4, 0.5) is 5.00 Å². The van der Waals surface area contributed by atoms with Crippen molar-refractivity contribution in [2.75, 3.05) is 52.3 Å². The highest BCUT2D eigenvalue weighted by atomic mass is 32.1. The van der Waals surface area contributed by atoms with E-state index in [2.05, 4.69) is 21.2 Å². The lowest BCUT2D eigenvalue weighted by atomic mass is 10.1. The molecule has 1 aromatic heterocycles. The van der Waals surface area contributed by atoms with Crippen LogP contribution in [0.1, 0.15) is 31.2 Å². The number of nitrogens with one attached hydrogen (secondary N) is 1. The molecule has 0 unspecified atom stereocenters. The van der Waals surface area contributed by atoms with E-state index in [0.717, 1.165) is 49.8 Å². The monoisotopic (exact) mass is 460 g/mol. The summed E-state index contributed by atoms with van der Waals surface area (Å²) in [5, 5.41) is 3.04. The molecule has 0 atom stereocenters. The first-order valence-corrected chi connectivity index (χ1v) is 11.0. The van der Waals surface area contributed by atoms with Gasteiger partial charge in [-0.05, 0) is 30.2 Å². The number of methoxy groups -OCH3 is 2. The fourth-order valence-electron chi connectivity index (χ4n) is 3.69. The highest BCUT2D eigenvalue weighted by Gasteiger charge is 2.26. The van der Waals surface area contributed by atoms with Gasteiger partial charge in [0.15, 0.2) is 0 Å². The van der Waals surface area contributed by atoms with Gasteiger partial charge in [-0.2, -0.15) is 0 Å². The van der Waals surface area contributed by atoms with Gasteiger partial charge in [-0.3, -0.25) is 19.4 Å². The average molecular weight is 461 g/mol. The van der Waals surface area contributed by atoms with E-state index in [0.29, 0.717) is 5.56 Å². The van der Waals surface area contributed by atoms with Crippen molar-refractivity contribution in [3.63, 3.8) is 0 Å². The molecule has 1 aromatic carbocycles. The quantitative estimate of drug-likeness (QED) is 0.577. The van der Waals surface area contributed by atoms with Crippen LogP contribution >= 0.6 is 11.3 Å². The zero-order chi connectivity index (χ0) is 23.3. The molecular formula is C22H28N4O5S. The molecule has 10 heteroatoms. The number of piperazine rings is 1. The Labute approximate surface area is 191 Å². The molecule has 0 saturated carbocycles. The van der Waals surface area contributed by atoms with Crippen molar-refractivity contribution < 1.29 is 23.9 Å². The maximum absolute atomic E-state index is 12.6. The number of rotatable bonds is 8. The van der Waals surface area contributed by atoms with Gasteiger partial charge in [0.1, 0.15) is 10.8 Å². The van der Waals surface area contributed by atoms with Gasteiger partial charge in [-0.1, -0.05) is 12.1 Å². The van der Waals surface area contributed by atoms with Gasteiger partial charge >= 0.3 is 5.97 Å². The van der Waals surface area contributed by atoms with Crippen molar-refractivity contribution in [2.45, 2.75) is 13.5 Å². The topological polar surface area (TPSA) is 114 Å². The summed E-state index contributed by atoms with van der Waals surface area (Å²) < 4.78 is 10.1. The van der Waals surface area contributed by atoms with Gasteiger partial charge in [0.2, 0.25) is 5.91 Å². The number of nitrogens with two attached hydrogens (primary N) is 1. The third kappa shape index (κ3) is 5.64. The zero-order valence-corrected chi connectivity index (χ0v) is 19.3. The Morgan fingerprint density at radius 1 is 1.12 bits per heavy atom. The molecule has 1 saturated heterocycles. The van der Waals surface area contributed by atoms with E-state index < -0.39 is 11.9 Å². The highest BCUT2D eigenvalue weighted by Crippen LogP contribution is 2.33. The first-order chi connectivity index (χ1) is 15.3. The van der Waals surface area contributed by atoms with Crippen LogP contribution in [0.25, 0.3) is 0 Å². The van der Waals surface area contributed by atoms with Gasteiger partial charge < -0.3 is 20.5 Å². The summed E-state index contributed by atoms with van der Waals surface area (Å²) in [5.41, 5.74) is 7.16. The molecule has 9 nitrogen and oxygen atoms in total. The minimum atomic E-state index is -0.648. The molecule has 1 aliphatic heterocycles. The minimum Gasteiger partial charge on any atom is -0.497 e. The van der Waals surface area contributed by atoms with Crippen molar-refractivity contribution in [3.8, 4) is 5.75 Å². The van der Waals surface area contributed by atoms with Crippen LogP contribution in [-0.4, -0.2) is 74.5 Å². The Morgan fingerprint density at radius 2 is 1.81 bits per heavy atom. The highest BCUT2D eigenvalue weighted by molar-refractivity contribution is 7.18. The Bertz CT molecular complexity index is 998. The van der Waals surface area contributed by atoms with Crippen molar-refractivity contribution >= 4 is 34.1 Å². The number of hydrogen-bond donors (Lipinski definition) is 2. The summed E-state index contributed by atoms with van der Waals surface area (Å²) in [7, 11) is 2.91. The second-order valence-corrected chi connectivity index (χ2v) is 8.59. The molecule has 2 amide bonds. The van der Waals surface area contributed by atoms with E-state index in [1.807, 2.05) is 18.2 Å². The van der Waals surface area contributed by atoms with Gasteiger partial charge in [0.25, 0.3) is 5.91 Å². The lowest BCUT2D eigenvalue weighted by molar-refractivity contribution is -0.117. The molecule has 0 bridgehead atoms. The number of primary amides is 1. The average Bonchev–Trinajstić information content (AvgIpc) is 3.10. The maximum atomic E-state index is 12.6. The molecule has 2 aromatic rings.